The van der Waals surface area contributed by atoms with Crippen LogP contribution in [0.4, 0.5) is 5.82 Å². The van der Waals surface area contributed by atoms with Crippen molar-refractivity contribution < 1.29 is 18.0 Å². The number of fused-ring (bicyclic) bond motifs is 1. The quantitative estimate of drug-likeness (QED) is 0.273. The zero-order valence-electron chi connectivity index (χ0n) is 19.8. The number of carbonyl (C=O) groups is 2. The van der Waals surface area contributed by atoms with Gasteiger partial charge in [0.15, 0.2) is 5.82 Å². The third kappa shape index (κ3) is 4.90. The maximum absolute atomic E-state index is 13.1. The number of anilines is 1. The summed E-state index contributed by atoms with van der Waals surface area (Å²) >= 11 is 18.6. The molecule has 4 aromatic rings. The molecule has 0 aliphatic carbocycles. The molecule has 1 N–H and O–H groups in total. The standard InChI is InChI=1S/C26H19Cl3N4O4S/c1-15-23(16-6-8-17(27)9-7-16)33(22-11-10-18(28)14-21(22)29)30-24(15)31-38(36,37)13-12-32-25(34)19-4-2-3-5-20(19)26(32)35/h2-11,14H,12-13H2,1H3,(H,30,31). The first kappa shape index (κ1) is 26.2. The van der Waals surface area contributed by atoms with E-state index in [1.54, 1.807) is 73.7 Å². The van der Waals surface area contributed by atoms with Gasteiger partial charge < -0.3 is 0 Å². The molecule has 0 fully saturated rings. The van der Waals surface area contributed by atoms with Crippen LogP contribution in [0, 0.1) is 6.92 Å². The van der Waals surface area contributed by atoms with Crippen molar-refractivity contribution in [2.75, 3.05) is 17.0 Å². The van der Waals surface area contributed by atoms with Gasteiger partial charge in [0.05, 0.1) is 33.3 Å². The highest BCUT2D eigenvalue weighted by Crippen LogP contribution is 2.35. The van der Waals surface area contributed by atoms with E-state index in [0.717, 1.165) is 10.5 Å². The van der Waals surface area contributed by atoms with Crippen molar-refractivity contribution in [2.45, 2.75) is 6.92 Å². The van der Waals surface area contributed by atoms with Gasteiger partial charge >= 0.3 is 0 Å². The largest absolute Gasteiger partial charge is 0.273 e. The maximum atomic E-state index is 13.1. The van der Waals surface area contributed by atoms with Crippen LogP contribution in [0.25, 0.3) is 16.9 Å². The van der Waals surface area contributed by atoms with Crippen LogP contribution in [0.1, 0.15) is 26.3 Å². The lowest BCUT2D eigenvalue weighted by atomic mass is 10.1. The first-order valence-electron chi connectivity index (χ1n) is 11.3. The molecule has 2 amide bonds. The Morgan fingerprint density at radius 1 is 0.868 bits per heavy atom. The number of nitrogens with zero attached hydrogens (tertiary/aromatic N) is 3. The summed E-state index contributed by atoms with van der Waals surface area (Å²) in [6.45, 7) is 1.41. The predicted molar refractivity (Wildman–Crippen MR) is 148 cm³/mol. The molecule has 3 aromatic carbocycles. The van der Waals surface area contributed by atoms with Gasteiger partial charge in [-0.3, -0.25) is 19.2 Å². The minimum Gasteiger partial charge on any atom is -0.273 e. The van der Waals surface area contributed by atoms with Crippen molar-refractivity contribution in [3.8, 4) is 16.9 Å². The number of rotatable bonds is 7. The Bertz CT molecular complexity index is 1670. The first-order chi connectivity index (χ1) is 18.1. The predicted octanol–water partition coefficient (Wildman–Crippen LogP) is 5.85. The van der Waals surface area contributed by atoms with Crippen LogP contribution in [0.15, 0.2) is 66.7 Å². The minimum atomic E-state index is -4.02. The van der Waals surface area contributed by atoms with Gasteiger partial charge in [0, 0.05) is 27.7 Å². The fourth-order valence-corrected chi connectivity index (χ4v) is 5.85. The smallest absolute Gasteiger partial charge is 0.261 e. The molecule has 8 nitrogen and oxygen atoms in total. The Labute approximate surface area is 233 Å². The zero-order valence-corrected chi connectivity index (χ0v) is 22.9. The van der Waals surface area contributed by atoms with Crippen LogP contribution in [0.5, 0.6) is 0 Å². The van der Waals surface area contributed by atoms with E-state index < -0.39 is 27.6 Å². The summed E-state index contributed by atoms with van der Waals surface area (Å²) in [6, 6.07) is 18.3. The molecule has 0 spiro atoms. The lowest BCUT2D eigenvalue weighted by Crippen LogP contribution is -2.35. The number of carbonyl (C=O) groups excluding carboxylic acids is 2. The summed E-state index contributed by atoms with van der Waals surface area (Å²) in [6.07, 6.45) is 0. The molecular weight excluding hydrogens is 571 g/mol. The van der Waals surface area contributed by atoms with Crippen molar-refractivity contribution in [3.63, 3.8) is 0 Å². The van der Waals surface area contributed by atoms with Gasteiger partial charge in [0.1, 0.15) is 0 Å². The van der Waals surface area contributed by atoms with Crippen LogP contribution in [-0.4, -0.2) is 47.2 Å². The molecule has 12 heteroatoms. The third-order valence-corrected chi connectivity index (χ3v) is 8.11. The lowest BCUT2D eigenvalue weighted by molar-refractivity contribution is 0.0664. The number of hydrogen-bond donors (Lipinski definition) is 1. The van der Waals surface area contributed by atoms with E-state index in [2.05, 4.69) is 9.82 Å². The van der Waals surface area contributed by atoms with E-state index in [1.165, 1.54) is 4.68 Å². The molecule has 1 aromatic heterocycles. The molecular formula is C26H19Cl3N4O4S. The van der Waals surface area contributed by atoms with Gasteiger partial charge in [-0.05, 0) is 49.4 Å². The van der Waals surface area contributed by atoms with E-state index in [0.29, 0.717) is 32.0 Å². The molecule has 1 aliphatic rings. The number of nitrogens with one attached hydrogen (secondary N) is 1. The second-order valence-corrected chi connectivity index (χ2v) is 11.7. The number of benzene rings is 3. The fraction of sp³-hybridized carbons (Fsp3) is 0.115. The van der Waals surface area contributed by atoms with Crippen molar-refractivity contribution in [1.29, 1.82) is 0 Å². The summed E-state index contributed by atoms with van der Waals surface area (Å²) in [4.78, 5) is 26.2. The molecule has 38 heavy (non-hydrogen) atoms. The van der Waals surface area contributed by atoms with Crippen molar-refractivity contribution in [1.82, 2.24) is 14.7 Å². The maximum Gasteiger partial charge on any atom is 0.261 e. The topological polar surface area (TPSA) is 101 Å². The molecule has 0 atom stereocenters. The summed E-state index contributed by atoms with van der Waals surface area (Å²) in [5.74, 6) is -1.49. The highest BCUT2D eigenvalue weighted by molar-refractivity contribution is 7.92. The molecule has 5 rings (SSSR count). The van der Waals surface area contributed by atoms with Gasteiger partial charge in [-0.25, -0.2) is 13.1 Å². The Morgan fingerprint density at radius 3 is 2.08 bits per heavy atom. The Hall–Kier alpha value is -3.37. The number of amides is 2. The van der Waals surface area contributed by atoms with Crippen LogP contribution in [-0.2, 0) is 10.0 Å². The van der Waals surface area contributed by atoms with Crippen molar-refractivity contribution >= 4 is 62.5 Å². The molecule has 0 saturated carbocycles. The summed E-state index contributed by atoms with van der Waals surface area (Å²) in [5.41, 5.74) is 2.84. The highest BCUT2D eigenvalue weighted by atomic mass is 35.5. The van der Waals surface area contributed by atoms with Crippen molar-refractivity contribution in [3.05, 3.63) is 98.5 Å². The van der Waals surface area contributed by atoms with Crippen LogP contribution < -0.4 is 4.72 Å². The van der Waals surface area contributed by atoms with Crippen LogP contribution in [0.2, 0.25) is 15.1 Å². The van der Waals surface area contributed by atoms with Gasteiger partial charge in [0.2, 0.25) is 10.0 Å². The molecule has 0 radical (unpaired) electrons. The Kier molecular flexibility index (Phi) is 6.96. The van der Waals surface area contributed by atoms with E-state index in [1.807, 2.05) is 0 Å². The monoisotopic (exact) mass is 588 g/mol. The van der Waals surface area contributed by atoms with Crippen molar-refractivity contribution in [2.24, 2.45) is 0 Å². The highest BCUT2D eigenvalue weighted by Gasteiger charge is 2.35. The zero-order chi connectivity index (χ0) is 27.2. The Morgan fingerprint density at radius 2 is 1.47 bits per heavy atom. The molecule has 1 aliphatic heterocycles. The molecule has 194 valence electrons. The summed E-state index contributed by atoms with van der Waals surface area (Å²) in [7, 11) is -4.02. The SMILES string of the molecule is Cc1c(NS(=O)(=O)CCN2C(=O)c3ccccc3C2=O)nn(-c2ccc(Cl)cc2Cl)c1-c1ccc(Cl)cc1. The molecule has 0 saturated heterocycles. The second kappa shape index (κ2) is 10.1. The number of halogens is 3. The van der Waals surface area contributed by atoms with Crippen LogP contribution in [0.3, 0.4) is 0 Å². The van der Waals surface area contributed by atoms with Gasteiger partial charge in [-0.1, -0.05) is 59.1 Å². The van der Waals surface area contributed by atoms with Gasteiger partial charge in [-0.15, -0.1) is 5.10 Å². The second-order valence-electron chi connectivity index (χ2n) is 8.57. The molecule has 0 bridgehead atoms. The fourth-order valence-electron chi connectivity index (χ4n) is 4.22. The summed E-state index contributed by atoms with van der Waals surface area (Å²) < 4.78 is 30.2. The number of sulfonamides is 1. The van der Waals surface area contributed by atoms with E-state index in [9.17, 15) is 18.0 Å². The number of imide groups is 1. The number of hydrogen-bond acceptors (Lipinski definition) is 5. The summed E-state index contributed by atoms with van der Waals surface area (Å²) in [5, 5.41) is 5.80. The Balaban J connectivity index is 1.46. The van der Waals surface area contributed by atoms with Crippen LogP contribution >= 0.6 is 34.8 Å². The first-order valence-corrected chi connectivity index (χ1v) is 14.1. The third-order valence-electron chi connectivity index (χ3n) is 6.09. The average molecular weight is 590 g/mol. The van der Waals surface area contributed by atoms with E-state index >= 15 is 0 Å². The molecule has 0 unspecified atom stereocenters. The van der Waals surface area contributed by atoms with E-state index in [-0.39, 0.29) is 23.5 Å². The van der Waals surface area contributed by atoms with E-state index in [4.69, 9.17) is 34.8 Å². The lowest BCUT2D eigenvalue weighted by Gasteiger charge is -2.14. The minimum absolute atomic E-state index is 0.0725. The normalized spacial score (nSPS) is 13.2. The van der Waals surface area contributed by atoms with Gasteiger partial charge in [-0.2, -0.15) is 0 Å². The van der Waals surface area contributed by atoms with Gasteiger partial charge in [0.25, 0.3) is 11.8 Å². The average Bonchev–Trinajstić information content (AvgIpc) is 3.31. The molecule has 2 heterocycles. The number of aromatic nitrogens is 2.